The van der Waals surface area contributed by atoms with Gasteiger partial charge in [0.2, 0.25) is 5.91 Å². The average Bonchev–Trinajstić information content (AvgIpc) is 3.36. The smallest absolute Gasteiger partial charge is 0.251 e. The van der Waals surface area contributed by atoms with E-state index in [4.69, 9.17) is 4.74 Å². The van der Waals surface area contributed by atoms with E-state index in [2.05, 4.69) is 29.0 Å². The lowest BCUT2D eigenvalue weighted by atomic mass is 9.85. The fourth-order valence-electron chi connectivity index (χ4n) is 5.21. The molecule has 4 atom stereocenters. The van der Waals surface area contributed by atoms with Gasteiger partial charge in [0.1, 0.15) is 30.9 Å². The van der Waals surface area contributed by atoms with Gasteiger partial charge < -0.3 is 25.0 Å². The van der Waals surface area contributed by atoms with Crippen molar-refractivity contribution in [3.63, 3.8) is 0 Å². The van der Waals surface area contributed by atoms with Crippen LogP contribution in [-0.2, 0) is 14.3 Å². The molecule has 1 aromatic carbocycles. The number of aliphatic hydroxyl groups excluding tert-OH is 1. The molecule has 0 radical (unpaired) electrons. The fourth-order valence-corrected chi connectivity index (χ4v) is 5.21. The molecule has 192 valence electrons. The number of β-amino-alcohol motifs (C(OH)–C–C–N with tert-alkyl or cyclic N) is 1. The molecule has 9 nitrogen and oxygen atoms in total. The average molecular weight is 487 g/mol. The van der Waals surface area contributed by atoms with Crippen LogP contribution in [0.3, 0.4) is 0 Å². The highest BCUT2D eigenvalue weighted by atomic mass is 16.5. The van der Waals surface area contributed by atoms with Crippen LogP contribution >= 0.6 is 0 Å². The quantitative estimate of drug-likeness (QED) is 0.638. The summed E-state index contributed by atoms with van der Waals surface area (Å²) in [5.74, 6) is -0.945. The number of hydrogen-bond acceptors (Lipinski definition) is 7. The van der Waals surface area contributed by atoms with Gasteiger partial charge in [-0.15, -0.1) is 0 Å². The van der Waals surface area contributed by atoms with Gasteiger partial charge in [-0.3, -0.25) is 19.3 Å². The predicted octanol–water partition coefficient (Wildman–Crippen LogP) is 0.901. The summed E-state index contributed by atoms with van der Waals surface area (Å²) >= 11 is 0. The van der Waals surface area contributed by atoms with E-state index in [0.29, 0.717) is 11.6 Å². The number of rotatable bonds is 5. The predicted molar refractivity (Wildman–Crippen MR) is 132 cm³/mol. The Morgan fingerprint density at radius 1 is 1.09 bits per heavy atom. The van der Waals surface area contributed by atoms with Crippen LogP contribution in [0.15, 0.2) is 24.3 Å². The van der Waals surface area contributed by atoms with E-state index in [1.54, 1.807) is 12.1 Å². The van der Waals surface area contributed by atoms with E-state index in [1.165, 1.54) is 4.90 Å². The van der Waals surface area contributed by atoms with Crippen molar-refractivity contribution in [3.05, 3.63) is 29.8 Å². The lowest BCUT2D eigenvalue weighted by molar-refractivity contribution is -0.140. The summed E-state index contributed by atoms with van der Waals surface area (Å²) in [5.41, 5.74) is 0.940. The maximum Gasteiger partial charge on any atom is 0.251 e. The van der Waals surface area contributed by atoms with Gasteiger partial charge in [-0.25, -0.2) is 0 Å². The third-order valence-electron chi connectivity index (χ3n) is 7.37. The minimum absolute atomic E-state index is 0.0150. The molecule has 3 fully saturated rings. The Balaban J connectivity index is 1.44. The van der Waals surface area contributed by atoms with Gasteiger partial charge >= 0.3 is 0 Å². The maximum atomic E-state index is 13.5. The van der Waals surface area contributed by atoms with Crippen LogP contribution in [0.4, 0.5) is 5.69 Å². The molecule has 3 aliphatic rings. The summed E-state index contributed by atoms with van der Waals surface area (Å²) in [7, 11) is 0. The van der Waals surface area contributed by atoms with Crippen molar-refractivity contribution in [1.29, 1.82) is 0 Å². The fraction of sp³-hybridized carbons (Fsp3) is 0.654. The second kappa shape index (κ2) is 9.87. The number of Topliss-reactive ketones (excluding diaryl/α,β-unsaturated/α-hetero) is 1. The molecule has 0 aliphatic carbocycles. The first-order valence-electron chi connectivity index (χ1n) is 12.5. The number of nitrogens with zero attached hydrogens (tertiary/aromatic N) is 3. The third-order valence-corrected chi connectivity index (χ3v) is 7.37. The Labute approximate surface area is 207 Å². The van der Waals surface area contributed by atoms with Crippen LogP contribution in [0, 0.1) is 5.41 Å². The highest BCUT2D eigenvalue weighted by Gasteiger charge is 2.53. The number of ether oxygens (including phenoxy) is 1. The zero-order chi connectivity index (χ0) is 25.5. The molecule has 0 saturated carbocycles. The molecular weight excluding hydrogens is 448 g/mol. The molecule has 35 heavy (non-hydrogen) atoms. The SMILES string of the molecule is CC(C)N1CCN(c2ccc(C(=O)N[C@H](C(=O)N3C[C@@H](O)[C@H]4OCC(=O)[C@H]43)C(C)(C)C)cc2)CC1. The Kier molecular flexibility index (Phi) is 7.22. The molecule has 4 rings (SSSR count). The Morgan fingerprint density at radius 2 is 1.71 bits per heavy atom. The molecule has 2 amide bonds. The van der Waals surface area contributed by atoms with Gasteiger partial charge in [0.15, 0.2) is 5.78 Å². The first-order chi connectivity index (χ1) is 16.5. The normalized spacial score (nSPS) is 26.3. The van der Waals surface area contributed by atoms with Gasteiger partial charge in [0, 0.05) is 43.5 Å². The molecular formula is C26H38N4O5. The number of anilines is 1. The van der Waals surface area contributed by atoms with E-state index in [9.17, 15) is 19.5 Å². The molecule has 0 unspecified atom stereocenters. The Hall–Kier alpha value is -2.49. The van der Waals surface area contributed by atoms with E-state index in [-0.39, 0.29) is 30.7 Å². The number of likely N-dealkylation sites (tertiary alicyclic amines) is 1. The number of carbonyl (C=O) groups excluding carboxylic acids is 3. The first kappa shape index (κ1) is 25.6. The molecule has 0 spiro atoms. The minimum atomic E-state index is -0.915. The van der Waals surface area contributed by atoms with Crippen LogP contribution in [0.25, 0.3) is 0 Å². The summed E-state index contributed by atoms with van der Waals surface area (Å²) < 4.78 is 5.39. The number of carbonyl (C=O) groups is 3. The number of piperazine rings is 1. The summed E-state index contributed by atoms with van der Waals surface area (Å²) in [6, 6.07) is 6.35. The molecule has 2 N–H and O–H groups in total. The van der Waals surface area contributed by atoms with Gasteiger partial charge in [-0.2, -0.15) is 0 Å². The van der Waals surface area contributed by atoms with Crippen LogP contribution in [0.1, 0.15) is 45.0 Å². The second-order valence-electron chi connectivity index (χ2n) is 11.2. The highest BCUT2D eigenvalue weighted by molar-refractivity contribution is 5.99. The lowest BCUT2D eigenvalue weighted by Crippen LogP contribution is -2.57. The van der Waals surface area contributed by atoms with Crippen LogP contribution in [0.2, 0.25) is 0 Å². The summed E-state index contributed by atoms with van der Waals surface area (Å²) in [5, 5.41) is 13.2. The van der Waals surface area contributed by atoms with Crippen molar-refractivity contribution >= 4 is 23.3 Å². The van der Waals surface area contributed by atoms with Crippen molar-refractivity contribution in [2.24, 2.45) is 5.41 Å². The van der Waals surface area contributed by atoms with E-state index >= 15 is 0 Å². The van der Waals surface area contributed by atoms with Crippen molar-refractivity contribution in [1.82, 2.24) is 15.1 Å². The standard InChI is InChI=1S/C26H38N4O5/c1-16(2)28-10-12-29(13-11-28)18-8-6-17(7-9-18)24(33)27-23(26(3,4)5)25(34)30-14-19(31)22-21(30)20(32)15-35-22/h6-9,16,19,21-23,31H,10-15H2,1-5H3,(H,27,33)/t19-,21-,22-,23-/m1/s1. The number of nitrogens with one attached hydrogen (secondary N) is 1. The zero-order valence-electron chi connectivity index (χ0n) is 21.4. The van der Waals surface area contributed by atoms with E-state index in [0.717, 1.165) is 31.9 Å². The topological polar surface area (TPSA) is 102 Å². The maximum absolute atomic E-state index is 13.5. The number of fused-ring (bicyclic) bond motifs is 1. The zero-order valence-corrected chi connectivity index (χ0v) is 21.4. The van der Waals surface area contributed by atoms with Crippen molar-refractivity contribution in [2.75, 3.05) is 44.2 Å². The highest BCUT2D eigenvalue weighted by Crippen LogP contribution is 2.31. The van der Waals surface area contributed by atoms with Gasteiger partial charge in [0.25, 0.3) is 5.91 Å². The van der Waals surface area contributed by atoms with Crippen molar-refractivity contribution < 1.29 is 24.2 Å². The first-order valence-corrected chi connectivity index (χ1v) is 12.5. The number of ketones is 1. The van der Waals surface area contributed by atoms with Crippen molar-refractivity contribution in [2.45, 2.75) is 65.0 Å². The summed E-state index contributed by atoms with van der Waals surface area (Å²) in [6.45, 7) is 13.8. The molecule has 9 heteroatoms. The molecule has 3 saturated heterocycles. The molecule has 3 aliphatic heterocycles. The molecule has 0 aromatic heterocycles. The number of hydrogen-bond donors (Lipinski definition) is 2. The van der Waals surface area contributed by atoms with Gasteiger partial charge in [-0.05, 0) is 43.5 Å². The Morgan fingerprint density at radius 3 is 2.29 bits per heavy atom. The molecule has 1 aromatic rings. The van der Waals surface area contributed by atoms with Crippen LogP contribution in [-0.4, -0.2) is 102 Å². The van der Waals surface area contributed by atoms with E-state index in [1.807, 2.05) is 32.9 Å². The molecule has 0 bridgehead atoms. The second-order valence-corrected chi connectivity index (χ2v) is 11.2. The third kappa shape index (κ3) is 5.22. The van der Waals surface area contributed by atoms with Crippen molar-refractivity contribution in [3.8, 4) is 0 Å². The summed E-state index contributed by atoms with van der Waals surface area (Å²) in [4.78, 5) is 45.1. The largest absolute Gasteiger partial charge is 0.388 e. The minimum Gasteiger partial charge on any atom is -0.388 e. The van der Waals surface area contributed by atoms with Gasteiger partial charge in [-0.1, -0.05) is 20.8 Å². The number of aliphatic hydroxyl groups is 1. The number of amides is 2. The van der Waals surface area contributed by atoms with E-state index < -0.39 is 29.7 Å². The molecule has 3 heterocycles. The van der Waals surface area contributed by atoms with Crippen LogP contribution < -0.4 is 10.2 Å². The van der Waals surface area contributed by atoms with Gasteiger partial charge in [0.05, 0.1) is 6.54 Å². The summed E-state index contributed by atoms with van der Waals surface area (Å²) in [6.07, 6.45) is -1.61. The van der Waals surface area contributed by atoms with Crippen LogP contribution in [0.5, 0.6) is 0 Å². The lowest BCUT2D eigenvalue weighted by Gasteiger charge is -2.38. The Bertz CT molecular complexity index is 949. The number of benzene rings is 1. The monoisotopic (exact) mass is 486 g/mol.